The third-order valence-electron chi connectivity index (χ3n) is 2.68. The van der Waals surface area contributed by atoms with Gasteiger partial charge in [-0.1, -0.05) is 13.8 Å². The molecule has 0 saturated carbocycles. The van der Waals surface area contributed by atoms with E-state index in [-0.39, 0.29) is 0 Å². The van der Waals surface area contributed by atoms with E-state index in [0.717, 1.165) is 29.9 Å². The Balaban J connectivity index is 2.65. The van der Waals surface area contributed by atoms with Gasteiger partial charge in [-0.2, -0.15) is 4.98 Å². The van der Waals surface area contributed by atoms with Crippen molar-refractivity contribution in [2.45, 2.75) is 26.8 Å². The van der Waals surface area contributed by atoms with E-state index in [0.29, 0.717) is 12.0 Å². The van der Waals surface area contributed by atoms with Crippen LogP contribution in [0.4, 0.5) is 11.8 Å². The van der Waals surface area contributed by atoms with Crippen LogP contribution in [0.25, 0.3) is 0 Å². The number of hydrazine groups is 1. The predicted octanol–water partition coefficient (Wildman–Crippen LogP) is 1.67. The third-order valence-corrected chi connectivity index (χ3v) is 3.26. The Morgan fingerprint density at radius 2 is 2.11 bits per heavy atom. The molecule has 4 N–H and O–H groups in total. The molecular formula is C11H21BrN6. The lowest BCUT2D eigenvalue weighted by molar-refractivity contribution is 0.294. The zero-order valence-electron chi connectivity index (χ0n) is 11.1. The van der Waals surface area contributed by atoms with Crippen molar-refractivity contribution in [2.24, 2.45) is 5.84 Å². The Kier molecular flexibility index (Phi) is 6.31. The van der Waals surface area contributed by atoms with E-state index in [1.807, 2.05) is 0 Å². The van der Waals surface area contributed by atoms with E-state index in [9.17, 15) is 0 Å². The fourth-order valence-electron chi connectivity index (χ4n) is 1.69. The fourth-order valence-corrected chi connectivity index (χ4v) is 1.99. The van der Waals surface area contributed by atoms with Gasteiger partial charge in [-0.3, -0.25) is 5.43 Å². The Morgan fingerprint density at radius 3 is 2.67 bits per heavy atom. The summed E-state index contributed by atoms with van der Waals surface area (Å²) >= 11 is 3.42. The van der Waals surface area contributed by atoms with Gasteiger partial charge in [0.1, 0.15) is 5.82 Å². The second-order valence-corrected chi connectivity index (χ2v) is 4.92. The number of nitrogen functional groups attached to an aromatic ring is 1. The summed E-state index contributed by atoms with van der Waals surface area (Å²) in [6.07, 6.45) is 1.68. The molecule has 0 aliphatic rings. The second-order valence-electron chi connectivity index (χ2n) is 4.07. The molecule has 0 fully saturated rings. The summed E-state index contributed by atoms with van der Waals surface area (Å²) in [6.45, 7) is 9.50. The first-order chi connectivity index (χ1) is 8.60. The molecule has 1 unspecified atom stereocenters. The lowest BCUT2D eigenvalue weighted by Gasteiger charge is -2.24. The van der Waals surface area contributed by atoms with Gasteiger partial charge in [0.2, 0.25) is 5.95 Å². The molecule has 0 spiro atoms. The van der Waals surface area contributed by atoms with Gasteiger partial charge in [0.05, 0.1) is 4.47 Å². The molecule has 0 saturated heterocycles. The highest BCUT2D eigenvalue weighted by atomic mass is 79.9. The summed E-state index contributed by atoms with van der Waals surface area (Å²) in [7, 11) is 0. The molecule has 1 rings (SSSR count). The number of likely N-dealkylation sites (N-methyl/N-ethyl adjacent to an activating group) is 1. The molecule has 0 aliphatic heterocycles. The van der Waals surface area contributed by atoms with Crippen LogP contribution in [0.1, 0.15) is 20.8 Å². The van der Waals surface area contributed by atoms with E-state index in [4.69, 9.17) is 5.84 Å². The summed E-state index contributed by atoms with van der Waals surface area (Å²) in [5, 5.41) is 3.35. The normalized spacial score (nSPS) is 12.6. The fraction of sp³-hybridized carbons (Fsp3) is 0.636. The molecule has 18 heavy (non-hydrogen) atoms. The van der Waals surface area contributed by atoms with Crippen LogP contribution in [0.15, 0.2) is 10.7 Å². The molecule has 1 heterocycles. The van der Waals surface area contributed by atoms with Gasteiger partial charge in [-0.15, -0.1) is 0 Å². The molecule has 1 atom stereocenters. The van der Waals surface area contributed by atoms with E-state index in [1.54, 1.807) is 6.20 Å². The van der Waals surface area contributed by atoms with Crippen LogP contribution in [0, 0.1) is 0 Å². The molecular weight excluding hydrogens is 296 g/mol. The number of nitrogens with one attached hydrogen (secondary N) is 2. The first-order valence-corrected chi connectivity index (χ1v) is 6.88. The van der Waals surface area contributed by atoms with Crippen molar-refractivity contribution in [1.29, 1.82) is 0 Å². The van der Waals surface area contributed by atoms with Crippen LogP contribution in [-0.4, -0.2) is 40.5 Å². The van der Waals surface area contributed by atoms with E-state index < -0.39 is 0 Å². The van der Waals surface area contributed by atoms with Gasteiger partial charge >= 0.3 is 0 Å². The topological polar surface area (TPSA) is 79.1 Å². The highest BCUT2D eigenvalue weighted by Gasteiger charge is 2.10. The molecule has 7 heteroatoms. The first kappa shape index (κ1) is 15.1. The zero-order chi connectivity index (χ0) is 13.5. The zero-order valence-corrected chi connectivity index (χ0v) is 12.7. The number of anilines is 2. The largest absolute Gasteiger partial charge is 0.365 e. The van der Waals surface area contributed by atoms with Crippen molar-refractivity contribution < 1.29 is 0 Å². The van der Waals surface area contributed by atoms with Crippen LogP contribution in [-0.2, 0) is 0 Å². The summed E-state index contributed by atoms with van der Waals surface area (Å²) in [6, 6.07) is 0.293. The summed E-state index contributed by atoms with van der Waals surface area (Å²) in [4.78, 5) is 10.6. The smallest absolute Gasteiger partial charge is 0.239 e. The Morgan fingerprint density at radius 1 is 1.44 bits per heavy atom. The lowest BCUT2D eigenvalue weighted by atomic mass is 10.3. The number of hydrogen-bond acceptors (Lipinski definition) is 6. The average molecular weight is 317 g/mol. The van der Waals surface area contributed by atoms with Gasteiger partial charge < -0.3 is 10.2 Å². The molecule has 0 aliphatic carbocycles. The average Bonchev–Trinajstić information content (AvgIpc) is 2.38. The van der Waals surface area contributed by atoms with Crippen molar-refractivity contribution >= 4 is 27.7 Å². The molecule has 6 nitrogen and oxygen atoms in total. The molecule has 0 bridgehead atoms. The summed E-state index contributed by atoms with van der Waals surface area (Å²) in [5.41, 5.74) is 2.44. The Bertz CT molecular complexity index is 369. The summed E-state index contributed by atoms with van der Waals surface area (Å²) in [5.74, 6) is 6.44. The maximum Gasteiger partial charge on any atom is 0.239 e. The minimum atomic E-state index is 0.293. The van der Waals surface area contributed by atoms with Crippen LogP contribution in [0.5, 0.6) is 0 Å². The third kappa shape index (κ3) is 4.40. The highest BCUT2D eigenvalue weighted by Crippen LogP contribution is 2.20. The molecule has 0 radical (unpaired) electrons. The predicted molar refractivity (Wildman–Crippen MR) is 78.4 cm³/mol. The van der Waals surface area contributed by atoms with E-state index >= 15 is 0 Å². The Labute approximate surface area is 116 Å². The number of nitrogens with zero attached hydrogens (tertiary/aromatic N) is 3. The van der Waals surface area contributed by atoms with Crippen molar-refractivity contribution in [2.75, 3.05) is 30.4 Å². The quantitative estimate of drug-likeness (QED) is 0.524. The van der Waals surface area contributed by atoms with Crippen molar-refractivity contribution in [3.8, 4) is 0 Å². The molecule has 1 aromatic rings. The molecule has 1 aromatic heterocycles. The maximum absolute atomic E-state index is 5.30. The van der Waals surface area contributed by atoms with E-state index in [2.05, 4.69) is 62.3 Å². The first-order valence-electron chi connectivity index (χ1n) is 6.08. The number of aromatic nitrogens is 2. The van der Waals surface area contributed by atoms with Gasteiger partial charge in [0, 0.05) is 18.8 Å². The number of hydrogen-bond donors (Lipinski definition) is 3. The number of halogens is 1. The van der Waals surface area contributed by atoms with Crippen LogP contribution in [0.2, 0.25) is 0 Å². The minimum absolute atomic E-state index is 0.293. The van der Waals surface area contributed by atoms with Crippen molar-refractivity contribution in [3.05, 3.63) is 10.7 Å². The SMILES string of the molecule is CCN(CC)CC(C)Nc1nc(NN)ncc1Br. The van der Waals surface area contributed by atoms with Gasteiger partial charge in [0.25, 0.3) is 0 Å². The maximum atomic E-state index is 5.30. The van der Waals surface area contributed by atoms with E-state index in [1.165, 1.54) is 0 Å². The van der Waals surface area contributed by atoms with Gasteiger partial charge in [-0.25, -0.2) is 10.8 Å². The lowest BCUT2D eigenvalue weighted by Crippen LogP contribution is -2.35. The standard InChI is InChI=1S/C11H21BrN6/c1-4-18(5-2)7-8(3)15-10-9(12)6-14-11(16-10)17-13/h6,8H,4-5,7,13H2,1-3H3,(H2,14,15,16,17). The number of nitrogens with two attached hydrogens (primary N) is 1. The minimum Gasteiger partial charge on any atom is -0.365 e. The van der Waals surface area contributed by atoms with Crippen molar-refractivity contribution in [3.63, 3.8) is 0 Å². The van der Waals surface area contributed by atoms with Crippen molar-refractivity contribution in [1.82, 2.24) is 14.9 Å². The monoisotopic (exact) mass is 316 g/mol. The molecule has 0 amide bonds. The van der Waals surface area contributed by atoms with Crippen LogP contribution < -0.4 is 16.6 Å². The van der Waals surface area contributed by atoms with Crippen LogP contribution >= 0.6 is 15.9 Å². The molecule has 0 aromatic carbocycles. The van der Waals surface area contributed by atoms with Gasteiger partial charge in [-0.05, 0) is 35.9 Å². The van der Waals surface area contributed by atoms with Crippen LogP contribution in [0.3, 0.4) is 0 Å². The number of rotatable bonds is 7. The highest BCUT2D eigenvalue weighted by molar-refractivity contribution is 9.10. The summed E-state index contributed by atoms with van der Waals surface area (Å²) < 4.78 is 0.827. The second kappa shape index (κ2) is 7.50. The Hall–Kier alpha value is -0.920. The molecule has 102 valence electrons. The van der Waals surface area contributed by atoms with Gasteiger partial charge in [0.15, 0.2) is 0 Å².